The van der Waals surface area contributed by atoms with Gasteiger partial charge in [-0.25, -0.2) is 9.37 Å². The number of halogens is 1. The second kappa shape index (κ2) is 8.42. The molecule has 0 spiro atoms. The number of nitrogens with zero attached hydrogens (tertiary/aromatic N) is 2. The molecule has 0 saturated heterocycles. The molecule has 0 aliphatic carbocycles. The van der Waals surface area contributed by atoms with E-state index < -0.39 is 5.82 Å². The number of ether oxygens (including phenoxy) is 1. The number of Topliss-reactive ketones (excluding diaryl/α,β-unsaturated/α-hetero) is 1. The van der Waals surface area contributed by atoms with E-state index >= 15 is 0 Å². The molecule has 0 fully saturated rings. The van der Waals surface area contributed by atoms with Gasteiger partial charge in [-0.3, -0.25) is 14.5 Å². The van der Waals surface area contributed by atoms with Gasteiger partial charge in [-0.15, -0.1) is 0 Å². The maximum atomic E-state index is 13.4. The summed E-state index contributed by atoms with van der Waals surface area (Å²) in [6, 6.07) is 19.9. The Hall–Kier alpha value is -3.58. The molecule has 0 aliphatic heterocycles. The van der Waals surface area contributed by atoms with Crippen molar-refractivity contribution in [2.24, 2.45) is 0 Å². The zero-order chi connectivity index (χ0) is 21.1. The number of benzene rings is 3. The van der Waals surface area contributed by atoms with Crippen LogP contribution in [0.15, 0.2) is 72.8 Å². The van der Waals surface area contributed by atoms with Crippen LogP contribution in [0.25, 0.3) is 10.2 Å². The Morgan fingerprint density at radius 2 is 1.80 bits per heavy atom. The Balaban J connectivity index is 1.67. The van der Waals surface area contributed by atoms with Crippen molar-refractivity contribution in [3.8, 4) is 5.75 Å². The minimum atomic E-state index is -0.442. The fourth-order valence-electron chi connectivity index (χ4n) is 2.93. The van der Waals surface area contributed by atoms with Gasteiger partial charge in [0.25, 0.3) is 5.91 Å². The van der Waals surface area contributed by atoms with Crippen molar-refractivity contribution < 1.29 is 18.7 Å². The molecule has 150 valence electrons. The van der Waals surface area contributed by atoms with Crippen LogP contribution < -0.4 is 9.64 Å². The Labute approximate surface area is 176 Å². The van der Waals surface area contributed by atoms with E-state index in [9.17, 15) is 14.0 Å². The third kappa shape index (κ3) is 4.21. The number of hydrogen-bond donors (Lipinski definition) is 0. The Kier molecular flexibility index (Phi) is 5.54. The van der Waals surface area contributed by atoms with Gasteiger partial charge in [-0.2, -0.15) is 0 Å². The zero-order valence-corrected chi connectivity index (χ0v) is 16.9. The average molecular weight is 420 g/mol. The molecule has 0 radical (unpaired) electrons. The number of hydrogen-bond acceptors (Lipinski definition) is 5. The fraction of sp³-hybridized carbons (Fsp3) is 0.0870. The number of carbonyl (C=O) groups is 2. The highest BCUT2D eigenvalue weighted by Gasteiger charge is 2.22. The number of aromatic nitrogens is 1. The first-order valence-electron chi connectivity index (χ1n) is 9.19. The number of amides is 1. The van der Waals surface area contributed by atoms with Gasteiger partial charge in [0, 0.05) is 11.6 Å². The zero-order valence-electron chi connectivity index (χ0n) is 16.0. The predicted octanol–water partition coefficient (Wildman–Crippen LogP) is 5.38. The minimum Gasteiger partial charge on any atom is -0.484 e. The van der Waals surface area contributed by atoms with Crippen LogP contribution in [0.1, 0.15) is 17.3 Å². The van der Waals surface area contributed by atoms with E-state index in [1.807, 2.05) is 24.3 Å². The number of carbonyl (C=O) groups excluding carboxylic acids is 2. The summed E-state index contributed by atoms with van der Waals surface area (Å²) in [5.41, 5.74) is 1.89. The van der Waals surface area contributed by atoms with Crippen LogP contribution in [0.3, 0.4) is 0 Å². The molecule has 0 unspecified atom stereocenters. The quantitative estimate of drug-likeness (QED) is 0.393. The summed E-state index contributed by atoms with van der Waals surface area (Å²) in [7, 11) is 0. The van der Waals surface area contributed by atoms with Crippen LogP contribution in [0.2, 0.25) is 0 Å². The van der Waals surface area contributed by atoms with Gasteiger partial charge in [0.05, 0.1) is 15.9 Å². The summed E-state index contributed by atoms with van der Waals surface area (Å²) in [6.45, 7) is 1.19. The normalized spacial score (nSPS) is 10.7. The maximum Gasteiger partial charge on any atom is 0.271 e. The van der Waals surface area contributed by atoms with Gasteiger partial charge < -0.3 is 4.74 Å². The van der Waals surface area contributed by atoms with E-state index in [2.05, 4.69) is 4.98 Å². The Bertz CT molecular complexity index is 1190. The van der Waals surface area contributed by atoms with E-state index in [1.165, 1.54) is 41.4 Å². The molecule has 4 rings (SSSR count). The van der Waals surface area contributed by atoms with Gasteiger partial charge >= 0.3 is 0 Å². The van der Waals surface area contributed by atoms with E-state index in [-0.39, 0.29) is 24.0 Å². The maximum absolute atomic E-state index is 13.4. The van der Waals surface area contributed by atoms with Crippen LogP contribution >= 0.6 is 11.3 Å². The standard InChI is InChI=1S/C23H17FN2O3S/c1-15(27)16-9-11-18(12-10-16)26(23-25-20-7-2-3-8-21(20)30-23)22(28)14-29-19-6-4-5-17(24)13-19/h2-13H,14H2,1H3. The number of fused-ring (bicyclic) bond motifs is 1. The van der Waals surface area contributed by atoms with Crippen LogP contribution in [0.4, 0.5) is 15.2 Å². The fourth-order valence-corrected chi connectivity index (χ4v) is 3.93. The molecule has 5 nitrogen and oxygen atoms in total. The molecule has 1 heterocycles. The molecule has 30 heavy (non-hydrogen) atoms. The third-order valence-corrected chi connectivity index (χ3v) is 5.44. The predicted molar refractivity (Wildman–Crippen MR) is 115 cm³/mol. The summed E-state index contributed by atoms with van der Waals surface area (Å²) in [5, 5.41) is 0.486. The summed E-state index contributed by atoms with van der Waals surface area (Å²) < 4.78 is 19.8. The first-order chi connectivity index (χ1) is 14.5. The molecule has 0 N–H and O–H groups in total. The molecule has 1 amide bonds. The highest BCUT2D eigenvalue weighted by molar-refractivity contribution is 7.22. The molecule has 0 bridgehead atoms. The summed E-state index contributed by atoms with van der Waals surface area (Å²) in [4.78, 5) is 30.7. The van der Waals surface area contributed by atoms with Crippen molar-refractivity contribution in [3.05, 3.63) is 84.2 Å². The SMILES string of the molecule is CC(=O)c1ccc(N(C(=O)COc2cccc(F)c2)c2nc3ccccc3s2)cc1. The van der Waals surface area contributed by atoms with Crippen molar-refractivity contribution in [2.75, 3.05) is 11.5 Å². The van der Waals surface area contributed by atoms with E-state index in [0.29, 0.717) is 16.4 Å². The molecule has 0 aliphatic rings. The number of rotatable bonds is 6. The topological polar surface area (TPSA) is 59.5 Å². The van der Waals surface area contributed by atoms with Gasteiger partial charge in [0.2, 0.25) is 0 Å². The van der Waals surface area contributed by atoms with E-state index in [1.54, 1.807) is 30.3 Å². The summed E-state index contributed by atoms with van der Waals surface area (Å²) >= 11 is 1.37. The second-order valence-corrected chi connectivity index (χ2v) is 7.55. The lowest BCUT2D eigenvalue weighted by atomic mass is 10.1. The molecule has 4 aromatic rings. The van der Waals surface area contributed by atoms with Gasteiger partial charge in [-0.1, -0.05) is 29.5 Å². The smallest absolute Gasteiger partial charge is 0.271 e. The van der Waals surface area contributed by atoms with Crippen molar-refractivity contribution in [2.45, 2.75) is 6.92 Å². The van der Waals surface area contributed by atoms with Gasteiger partial charge in [-0.05, 0) is 55.5 Å². The summed E-state index contributed by atoms with van der Waals surface area (Å²) in [5.74, 6) is -0.606. The minimum absolute atomic E-state index is 0.0612. The van der Waals surface area contributed by atoms with Gasteiger partial charge in [0.15, 0.2) is 17.5 Å². The number of thiazole rings is 1. The molecular weight excluding hydrogens is 403 g/mol. The van der Waals surface area contributed by atoms with Crippen LogP contribution in [0.5, 0.6) is 5.75 Å². The van der Waals surface area contributed by atoms with Crippen molar-refractivity contribution in [1.82, 2.24) is 4.98 Å². The molecule has 0 saturated carbocycles. The lowest BCUT2D eigenvalue weighted by Crippen LogP contribution is -2.30. The largest absolute Gasteiger partial charge is 0.484 e. The first kappa shape index (κ1) is 19.7. The first-order valence-corrected chi connectivity index (χ1v) is 10.0. The van der Waals surface area contributed by atoms with E-state index in [4.69, 9.17) is 4.74 Å². The monoisotopic (exact) mass is 420 g/mol. The molecule has 3 aromatic carbocycles. The Morgan fingerprint density at radius 3 is 2.50 bits per heavy atom. The molecular formula is C23H17FN2O3S. The average Bonchev–Trinajstić information content (AvgIpc) is 3.16. The van der Waals surface area contributed by atoms with Crippen molar-refractivity contribution in [1.29, 1.82) is 0 Å². The van der Waals surface area contributed by atoms with Gasteiger partial charge in [0.1, 0.15) is 11.6 Å². The van der Waals surface area contributed by atoms with Crippen LogP contribution in [-0.4, -0.2) is 23.3 Å². The molecule has 0 atom stereocenters. The number of para-hydroxylation sites is 1. The van der Waals surface area contributed by atoms with Crippen molar-refractivity contribution in [3.63, 3.8) is 0 Å². The Morgan fingerprint density at radius 1 is 1.03 bits per heavy atom. The lowest BCUT2D eigenvalue weighted by molar-refractivity contribution is -0.119. The highest BCUT2D eigenvalue weighted by atomic mass is 32.1. The van der Waals surface area contributed by atoms with E-state index in [0.717, 1.165) is 10.2 Å². The third-order valence-electron chi connectivity index (χ3n) is 4.41. The second-order valence-electron chi connectivity index (χ2n) is 6.54. The summed E-state index contributed by atoms with van der Waals surface area (Å²) in [6.07, 6.45) is 0. The number of anilines is 2. The molecule has 7 heteroatoms. The highest BCUT2D eigenvalue weighted by Crippen LogP contribution is 2.33. The lowest BCUT2D eigenvalue weighted by Gasteiger charge is -2.20. The van der Waals surface area contributed by atoms with Crippen LogP contribution in [0, 0.1) is 5.82 Å². The number of ketones is 1. The van der Waals surface area contributed by atoms with Crippen LogP contribution in [-0.2, 0) is 4.79 Å². The van der Waals surface area contributed by atoms with Crippen molar-refractivity contribution >= 4 is 44.1 Å². The molecule has 1 aromatic heterocycles.